The van der Waals surface area contributed by atoms with Gasteiger partial charge in [-0.15, -0.1) is 0 Å². The molecular formula is C74H50N2Si. The van der Waals surface area contributed by atoms with Gasteiger partial charge in [-0.3, -0.25) is 0 Å². The molecule has 2 bridgehead atoms. The smallest absolute Gasteiger partial charge is 0.179 e. The van der Waals surface area contributed by atoms with Gasteiger partial charge in [0, 0.05) is 44.5 Å². The van der Waals surface area contributed by atoms with Crippen LogP contribution in [0.3, 0.4) is 0 Å². The van der Waals surface area contributed by atoms with Gasteiger partial charge in [-0.05, 0) is 102 Å². The lowest BCUT2D eigenvalue weighted by Gasteiger charge is -2.43. The Balaban J connectivity index is 0.937. The van der Waals surface area contributed by atoms with Crippen molar-refractivity contribution < 1.29 is 0 Å². The number of hydrogen-bond acceptors (Lipinski definition) is 0. The highest BCUT2D eigenvalue weighted by atomic mass is 28.3. The third-order valence-corrected chi connectivity index (χ3v) is 22.0. The fraction of sp³-hybridized carbons (Fsp3) is 0.0270. The highest BCUT2D eigenvalue weighted by Crippen LogP contribution is 2.60. The second kappa shape index (κ2) is 17.3. The van der Waals surface area contributed by atoms with Gasteiger partial charge in [-0.1, -0.05) is 255 Å². The molecule has 2 heterocycles. The van der Waals surface area contributed by atoms with Crippen molar-refractivity contribution in [2.45, 2.75) is 11.8 Å². The van der Waals surface area contributed by atoms with E-state index < -0.39 is 8.07 Å². The number of hydrogen-bond donors (Lipinski definition) is 0. The molecule has 0 spiro atoms. The number of nitrogens with zero attached hydrogens (tertiary/aromatic N) is 2. The van der Waals surface area contributed by atoms with E-state index in [2.05, 4.69) is 300 Å². The molecule has 2 aromatic heterocycles. The Bertz CT molecular complexity index is 4530. The molecule has 0 radical (unpaired) electrons. The van der Waals surface area contributed by atoms with E-state index in [0.717, 1.165) is 0 Å². The third kappa shape index (κ3) is 6.29. The molecule has 3 aliphatic rings. The summed E-state index contributed by atoms with van der Waals surface area (Å²) in [5.74, 6) is 0.101. The molecule has 3 heteroatoms. The van der Waals surface area contributed by atoms with Crippen LogP contribution < -0.4 is 20.7 Å². The summed E-state index contributed by atoms with van der Waals surface area (Å²) in [6, 6.07) is 110. The van der Waals surface area contributed by atoms with Gasteiger partial charge in [-0.25, -0.2) is 0 Å². The summed E-state index contributed by atoms with van der Waals surface area (Å²) in [6.45, 7) is 0. The first kappa shape index (κ1) is 43.8. The Morgan fingerprint density at radius 1 is 0.260 bits per heavy atom. The zero-order chi connectivity index (χ0) is 50.6. The van der Waals surface area contributed by atoms with Crippen molar-refractivity contribution in [2.75, 3.05) is 0 Å². The van der Waals surface area contributed by atoms with Gasteiger partial charge >= 0.3 is 0 Å². The number of aromatic nitrogens is 2. The van der Waals surface area contributed by atoms with Crippen LogP contribution >= 0.6 is 0 Å². The number of para-hydroxylation sites is 4. The monoisotopic (exact) mass is 994 g/mol. The van der Waals surface area contributed by atoms with Crippen molar-refractivity contribution >= 4 is 72.4 Å². The van der Waals surface area contributed by atoms with Gasteiger partial charge in [-0.2, -0.15) is 0 Å². The lowest BCUT2D eigenvalue weighted by Crippen LogP contribution is -2.74. The van der Waals surface area contributed by atoms with Gasteiger partial charge in [0.05, 0.1) is 33.4 Å². The minimum Gasteiger partial charge on any atom is -0.309 e. The summed E-state index contributed by atoms with van der Waals surface area (Å²) in [4.78, 5) is 0. The average Bonchev–Trinajstić information content (AvgIpc) is 4.24. The van der Waals surface area contributed by atoms with Crippen molar-refractivity contribution in [3.05, 3.63) is 325 Å². The molecule has 0 saturated heterocycles. The molecule has 360 valence electrons. The maximum atomic E-state index is 2.57. The van der Waals surface area contributed by atoms with E-state index in [1.807, 2.05) is 0 Å². The quantitative estimate of drug-likeness (QED) is 0.106. The maximum Gasteiger partial charge on any atom is 0.179 e. The van der Waals surface area contributed by atoms with E-state index in [-0.39, 0.29) is 11.8 Å². The first-order valence-electron chi connectivity index (χ1n) is 27.0. The fourth-order valence-electron chi connectivity index (χ4n) is 14.3. The van der Waals surface area contributed by atoms with Crippen LogP contribution in [-0.4, -0.2) is 17.2 Å². The van der Waals surface area contributed by atoms with E-state index in [9.17, 15) is 0 Å². The topological polar surface area (TPSA) is 9.86 Å². The summed E-state index contributed by atoms with van der Waals surface area (Å²) >= 11 is 0. The second-order valence-corrected chi connectivity index (χ2v) is 24.8. The summed E-state index contributed by atoms with van der Waals surface area (Å²) in [7, 11) is -2.80. The molecule has 14 aromatic rings. The standard InChI is InChI=1S/C74H50N2Si/c1-5-24-49(25-6-1)55-34-15-19-40-63(55)75-65-42-21-17-38-59(65)70-67(75)46-44-61-69-57-36-13-14-37-58(57)72(73(61)70)74-62(69)45-47-68-71(74)60-39-18-22-43-66(60)76(68)64-41-20-16-35-56(64)50-26-23-33-54(48-50)77(51-27-7-2-8-28-51,52-29-9-3-10-30-52)53-31-11-4-12-32-53/h1-48,69,72H. The largest absolute Gasteiger partial charge is 0.309 e. The SMILES string of the molecule is c1ccc(-c2ccccc2-n2c3ccccc3c3c4c(ccc32)C2c3ccccc3C4c3c2ccc2c3c3ccccc3n2-c2ccccc2-c2cccc([Si](c3ccccc3)(c3ccccc3)c3ccccc3)c2)cc1. The Kier molecular flexibility index (Phi) is 9.82. The van der Waals surface area contributed by atoms with Crippen LogP contribution in [0.2, 0.25) is 0 Å². The van der Waals surface area contributed by atoms with Gasteiger partial charge in [0.1, 0.15) is 0 Å². The molecule has 2 nitrogen and oxygen atoms in total. The number of fused-ring (bicyclic) bond motifs is 6. The molecule has 77 heavy (non-hydrogen) atoms. The van der Waals surface area contributed by atoms with Gasteiger partial charge in [0.2, 0.25) is 0 Å². The lowest BCUT2D eigenvalue weighted by atomic mass is 9.59. The van der Waals surface area contributed by atoms with E-state index in [4.69, 9.17) is 0 Å². The van der Waals surface area contributed by atoms with Crippen LogP contribution in [0, 0.1) is 0 Å². The summed E-state index contributed by atoms with van der Waals surface area (Å²) < 4.78 is 5.11. The molecule has 0 saturated carbocycles. The Labute approximate surface area is 449 Å². The number of benzene rings is 12. The molecule has 0 N–H and O–H groups in total. The van der Waals surface area contributed by atoms with Crippen LogP contribution in [-0.2, 0) is 0 Å². The summed E-state index contributed by atoms with van der Waals surface area (Å²) in [5.41, 5.74) is 20.7. The van der Waals surface area contributed by atoms with E-state index in [1.165, 1.54) is 131 Å². The van der Waals surface area contributed by atoms with Crippen molar-refractivity contribution in [1.82, 2.24) is 9.13 Å². The predicted octanol–water partition coefficient (Wildman–Crippen LogP) is 15.6. The van der Waals surface area contributed by atoms with Crippen LogP contribution in [0.15, 0.2) is 291 Å². The van der Waals surface area contributed by atoms with Crippen molar-refractivity contribution in [2.24, 2.45) is 0 Å². The van der Waals surface area contributed by atoms with Crippen LogP contribution in [0.4, 0.5) is 0 Å². The molecule has 17 rings (SSSR count). The molecule has 12 aromatic carbocycles. The molecule has 2 atom stereocenters. The van der Waals surface area contributed by atoms with E-state index in [0.29, 0.717) is 0 Å². The predicted molar refractivity (Wildman–Crippen MR) is 324 cm³/mol. The van der Waals surface area contributed by atoms with Crippen LogP contribution in [0.25, 0.3) is 77.2 Å². The number of rotatable bonds is 8. The molecule has 0 amide bonds. The normalized spacial score (nSPS) is 14.5. The van der Waals surface area contributed by atoms with Crippen molar-refractivity contribution in [3.8, 4) is 33.6 Å². The highest BCUT2D eigenvalue weighted by Gasteiger charge is 2.45. The zero-order valence-corrected chi connectivity index (χ0v) is 43.3. The summed E-state index contributed by atoms with van der Waals surface area (Å²) in [5, 5.41) is 10.7. The highest BCUT2D eigenvalue weighted by molar-refractivity contribution is 7.19. The lowest BCUT2D eigenvalue weighted by molar-refractivity contribution is 0.768. The van der Waals surface area contributed by atoms with E-state index >= 15 is 0 Å². The van der Waals surface area contributed by atoms with Crippen LogP contribution in [0.1, 0.15) is 45.2 Å². The Hall–Kier alpha value is -9.54. The second-order valence-electron chi connectivity index (χ2n) is 21.0. The average molecular weight is 995 g/mol. The Morgan fingerprint density at radius 2 is 0.649 bits per heavy atom. The fourth-order valence-corrected chi connectivity index (χ4v) is 19.1. The first-order chi connectivity index (χ1) is 38.3. The minimum absolute atomic E-state index is 0.00967. The van der Waals surface area contributed by atoms with Crippen LogP contribution in [0.5, 0.6) is 0 Å². The zero-order valence-electron chi connectivity index (χ0n) is 42.3. The molecule has 0 fully saturated rings. The van der Waals surface area contributed by atoms with Gasteiger partial charge in [0.25, 0.3) is 0 Å². The molecule has 2 unspecified atom stereocenters. The first-order valence-corrected chi connectivity index (χ1v) is 29.0. The summed E-state index contributed by atoms with van der Waals surface area (Å²) in [6.07, 6.45) is 0. The maximum absolute atomic E-state index is 2.80. The van der Waals surface area contributed by atoms with Crippen molar-refractivity contribution in [1.29, 1.82) is 0 Å². The van der Waals surface area contributed by atoms with Crippen molar-refractivity contribution in [3.63, 3.8) is 0 Å². The third-order valence-electron chi connectivity index (χ3n) is 17.2. The van der Waals surface area contributed by atoms with Gasteiger partial charge < -0.3 is 9.13 Å². The molecule has 0 aliphatic heterocycles. The molecular weight excluding hydrogens is 945 g/mol. The minimum atomic E-state index is -2.80. The van der Waals surface area contributed by atoms with Gasteiger partial charge in [0.15, 0.2) is 8.07 Å². The van der Waals surface area contributed by atoms with E-state index in [1.54, 1.807) is 0 Å². The molecule has 3 aliphatic carbocycles. The Morgan fingerprint density at radius 3 is 1.17 bits per heavy atom.